The molecule has 1 amide bonds. The molecule has 1 atom stereocenters. The van der Waals surface area contributed by atoms with Gasteiger partial charge in [0.1, 0.15) is 6.10 Å². The maximum Gasteiger partial charge on any atom is 0.255 e. The second kappa shape index (κ2) is 5.05. The number of hydrogen-bond acceptors (Lipinski definition) is 3. The number of amides is 1. The molecule has 0 aromatic rings. The molecule has 6 heteroatoms. The number of carbonyl (C=O) groups excluding carboxylic acids is 1. The molecular weight excluding hydrogens is 218 g/mol. The molecular formula is C10H16F2N2O2. The maximum atomic E-state index is 12.4. The first-order valence-corrected chi connectivity index (χ1v) is 5.59. The van der Waals surface area contributed by atoms with Crippen LogP contribution >= 0.6 is 0 Å². The summed E-state index contributed by atoms with van der Waals surface area (Å²) < 4.78 is 30.0. The van der Waals surface area contributed by atoms with Crippen LogP contribution in [0.4, 0.5) is 8.78 Å². The van der Waals surface area contributed by atoms with Crippen LogP contribution in [-0.2, 0) is 9.53 Å². The Bertz CT molecular complexity index is 253. The van der Waals surface area contributed by atoms with Gasteiger partial charge in [-0.1, -0.05) is 0 Å². The maximum absolute atomic E-state index is 12.4. The van der Waals surface area contributed by atoms with Gasteiger partial charge in [0.05, 0.1) is 13.2 Å². The Morgan fingerprint density at radius 2 is 2.25 bits per heavy atom. The van der Waals surface area contributed by atoms with Gasteiger partial charge < -0.3 is 15.0 Å². The monoisotopic (exact) mass is 234 g/mol. The molecule has 92 valence electrons. The highest BCUT2D eigenvalue weighted by Gasteiger charge is 2.37. The van der Waals surface area contributed by atoms with Gasteiger partial charge in [0.15, 0.2) is 0 Å². The highest BCUT2D eigenvalue weighted by molar-refractivity contribution is 5.82. The molecule has 0 radical (unpaired) electrons. The van der Waals surface area contributed by atoms with Crippen LogP contribution in [0, 0.1) is 0 Å². The first kappa shape index (κ1) is 11.7. The summed E-state index contributed by atoms with van der Waals surface area (Å²) in [4.78, 5) is 13.2. The van der Waals surface area contributed by atoms with E-state index >= 15 is 0 Å². The van der Waals surface area contributed by atoms with Crippen molar-refractivity contribution >= 4 is 5.91 Å². The van der Waals surface area contributed by atoms with Gasteiger partial charge in [0.25, 0.3) is 12.3 Å². The SMILES string of the molecule is O=C(C1CNCCO1)N(CC(F)F)C1CC1. The van der Waals surface area contributed by atoms with E-state index < -0.39 is 19.1 Å². The standard InChI is InChI=1S/C10H16F2N2O2/c11-9(12)6-14(7-1-2-7)10(15)8-5-13-3-4-16-8/h7-9,13H,1-6H2. The zero-order chi connectivity index (χ0) is 11.5. The summed E-state index contributed by atoms with van der Waals surface area (Å²) in [6, 6.07) is 0.00651. The van der Waals surface area contributed by atoms with E-state index in [-0.39, 0.29) is 11.9 Å². The lowest BCUT2D eigenvalue weighted by atomic mass is 10.2. The van der Waals surface area contributed by atoms with Crippen molar-refractivity contribution in [3.63, 3.8) is 0 Å². The second-order valence-electron chi connectivity index (χ2n) is 4.18. The fourth-order valence-electron chi connectivity index (χ4n) is 1.86. The molecule has 1 saturated carbocycles. The third-order valence-electron chi connectivity index (χ3n) is 2.81. The summed E-state index contributed by atoms with van der Waals surface area (Å²) in [7, 11) is 0. The average Bonchev–Trinajstić information content (AvgIpc) is 3.10. The molecule has 1 aliphatic carbocycles. The Balaban J connectivity index is 1.92. The van der Waals surface area contributed by atoms with Gasteiger partial charge in [-0.05, 0) is 12.8 Å². The summed E-state index contributed by atoms with van der Waals surface area (Å²) in [5.41, 5.74) is 0. The van der Waals surface area contributed by atoms with Crippen LogP contribution in [0.25, 0.3) is 0 Å². The minimum atomic E-state index is -2.47. The normalized spacial score (nSPS) is 25.8. The number of halogens is 2. The predicted molar refractivity (Wildman–Crippen MR) is 53.3 cm³/mol. The Morgan fingerprint density at radius 1 is 1.50 bits per heavy atom. The lowest BCUT2D eigenvalue weighted by Gasteiger charge is -2.29. The van der Waals surface area contributed by atoms with Crippen LogP contribution < -0.4 is 5.32 Å². The van der Waals surface area contributed by atoms with E-state index in [1.807, 2.05) is 0 Å². The topological polar surface area (TPSA) is 41.6 Å². The smallest absolute Gasteiger partial charge is 0.255 e. The van der Waals surface area contributed by atoms with Gasteiger partial charge in [-0.15, -0.1) is 0 Å². The minimum absolute atomic E-state index is 0.00651. The average molecular weight is 234 g/mol. The quantitative estimate of drug-likeness (QED) is 0.757. The van der Waals surface area contributed by atoms with Gasteiger partial charge in [0, 0.05) is 19.1 Å². The van der Waals surface area contributed by atoms with Crippen LogP contribution in [0.15, 0.2) is 0 Å². The largest absolute Gasteiger partial charge is 0.366 e. The molecule has 0 bridgehead atoms. The molecule has 1 saturated heterocycles. The van der Waals surface area contributed by atoms with E-state index in [1.165, 1.54) is 4.90 Å². The number of hydrogen-bond donors (Lipinski definition) is 1. The van der Waals surface area contributed by atoms with Crippen molar-refractivity contribution in [1.29, 1.82) is 0 Å². The third-order valence-corrected chi connectivity index (χ3v) is 2.81. The van der Waals surface area contributed by atoms with Crippen LogP contribution in [-0.4, -0.2) is 55.6 Å². The number of nitrogens with one attached hydrogen (secondary N) is 1. The Kier molecular flexibility index (Phi) is 3.70. The van der Waals surface area contributed by atoms with Gasteiger partial charge in [-0.3, -0.25) is 4.79 Å². The number of rotatable bonds is 4. The zero-order valence-electron chi connectivity index (χ0n) is 8.99. The van der Waals surface area contributed by atoms with Gasteiger partial charge in [0.2, 0.25) is 0 Å². The highest BCUT2D eigenvalue weighted by Crippen LogP contribution is 2.28. The van der Waals surface area contributed by atoms with Gasteiger partial charge in [-0.25, -0.2) is 8.78 Å². The van der Waals surface area contributed by atoms with Crippen molar-refractivity contribution in [3.05, 3.63) is 0 Å². The molecule has 1 unspecified atom stereocenters. The molecule has 0 spiro atoms. The van der Waals surface area contributed by atoms with Crippen molar-refractivity contribution in [2.45, 2.75) is 31.4 Å². The molecule has 0 aromatic carbocycles. The molecule has 2 fully saturated rings. The first-order valence-electron chi connectivity index (χ1n) is 5.59. The van der Waals surface area contributed by atoms with E-state index in [0.29, 0.717) is 19.7 Å². The fraction of sp³-hybridized carbons (Fsp3) is 0.900. The number of nitrogens with zero attached hydrogens (tertiary/aromatic N) is 1. The lowest BCUT2D eigenvalue weighted by Crippen LogP contribution is -2.51. The molecule has 1 aliphatic heterocycles. The van der Waals surface area contributed by atoms with Crippen molar-refractivity contribution in [2.75, 3.05) is 26.2 Å². The zero-order valence-corrected chi connectivity index (χ0v) is 8.99. The van der Waals surface area contributed by atoms with Crippen LogP contribution in [0.5, 0.6) is 0 Å². The molecule has 2 rings (SSSR count). The van der Waals surface area contributed by atoms with Crippen LogP contribution in [0.2, 0.25) is 0 Å². The van der Waals surface area contributed by atoms with E-state index in [4.69, 9.17) is 4.74 Å². The molecule has 2 aliphatic rings. The van der Waals surface area contributed by atoms with Crippen molar-refractivity contribution in [3.8, 4) is 0 Å². The van der Waals surface area contributed by atoms with E-state index in [2.05, 4.69) is 5.32 Å². The van der Waals surface area contributed by atoms with Gasteiger partial charge >= 0.3 is 0 Å². The molecule has 16 heavy (non-hydrogen) atoms. The van der Waals surface area contributed by atoms with Crippen molar-refractivity contribution < 1.29 is 18.3 Å². The number of alkyl halides is 2. The van der Waals surface area contributed by atoms with Crippen molar-refractivity contribution in [1.82, 2.24) is 10.2 Å². The van der Waals surface area contributed by atoms with E-state index in [1.54, 1.807) is 0 Å². The third kappa shape index (κ3) is 2.89. The van der Waals surface area contributed by atoms with Gasteiger partial charge in [-0.2, -0.15) is 0 Å². The minimum Gasteiger partial charge on any atom is -0.366 e. The summed E-state index contributed by atoms with van der Waals surface area (Å²) >= 11 is 0. The highest BCUT2D eigenvalue weighted by atomic mass is 19.3. The number of ether oxygens (including phenoxy) is 1. The molecule has 4 nitrogen and oxygen atoms in total. The summed E-state index contributed by atoms with van der Waals surface area (Å²) in [5.74, 6) is -0.296. The van der Waals surface area contributed by atoms with Crippen molar-refractivity contribution in [2.24, 2.45) is 0 Å². The van der Waals surface area contributed by atoms with Crippen LogP contribution in [0.1, 0.15) is 12.8 Å². The summed E-state index contributed by atoms with van der Waals surface area (Å²) in [6.07, 6.45) is -1.40. The van der Waals surface area contributed by atoms with Crippen LogP contribution in [0.3, 0.4) is 0 Å². The number of carbonyl (C=O) groups is 1. The number of morpholine rings is 1. The Hall–Kier alpha value is -0.750. The van der Waals surface area contributed by atoms with E-state index in [9.17, 15) is 13.6 Å². The lowest BCUT2D eigenvalue weighted by molar-refractivity contribution is -0.147. The first-order chi connectivity index (χ1) is 7.68. The summed E-state index contributed by atoms with van der Waals surface area (Å²) in [6.45, 7) is 1.13. The Labute approximate surface area is 92.9 Å². The summed E-state index contributed by atoms with van der Waals surface area (Å²) in [5, 5.41) is 3.02. The molecule has 1 N–H and O–H groups in total. The van der Waals surface area contributed by atoms with E-state index in [0.717, 1.165) is 12.8 Å². The molecule has 1 heterocycles. The predicted octanol–water partition coefficient (Wildman–Crippen LogP) is 0.231. The Morgan fingerprint density at radius 3 is 2.75 bits per heavy atom. The fourth-order valence-corrected chi connectivity index (χ4v) is 1.86. The second-order valence-corrected chi connectivity index (χ2v) is 4.18. The molecule has 0 aromatic heterocycles.